The van der Waals surface area contributed by atoms with Gasteiger partial charge >= 0.3 is 0 Å². The number of nitrogens with zero attached hydrogens (tertiary/aromatic N) is 3. The van der Waals surface area contributed by atoms with Crippen LogP contribution in [0.25, 0.3) is 11.0 Å². The number of imidazole rings is 1. The third-order valence-electron chi connectivity index (χ3n) is 5.58. The minimum atomic E-state index is -0.0278. The third kappa shape index (κ3) is 3.09. The number of ether oxygens (including phenoxy) is 1. The van der Waals surface area contributed by atoms with Crippen molar-refractivity contribution < 1.29 is 13.9 Å². The standard InChI is InChI=1S/C21H25N3O3/c1-4-23-12-9-22-20(23)15-7-10-24(11-8-15)21(25)19-14(2)17-6-5-16(26-3)13-18(17)27-19/h5-6,9,12-13,15H,4,7-8,10-11H2,1-3H3. The molecule has 3 heterocycles. The van der Waals surface area contributed by atoms with Crippen LogP contribution in [0.5, 0.6) is 5.75 Å². The van der Waals surface area contributed by atoms with Crippen LogP contribution in [-0.2, 0) is 6.54 Å². The number of methoxy groups -OCH3 is 1. The zero-order valence-corrected chi connectivity index (χ0v) is 16.1. The minimum Gasteiger partial charge on any atom is -0.497 e. The van der Waals surface area contributed by atoms with Gasteiger partial charge in [-0.3, -0.25) is 4.79 Å². The van der Waals surface area contributed by atoms with Gasteiger partial charge in [0, 0.05) is 55.0 Å². The molecule has 0 N–H and O–H groups in total. The van der Waals surface area contributed by atoms with Gasteiger partial charge in [-0.1, -0.05) is 0 Å². The molecule has 6 nitrogen and oxygen atoms in total. The van der Waals surface area contributed by atoms with Crippen molar-refractivity contribution in [2.24, 2.45) is 0 Å². The minimum absolute atomic E-state index is 0.0278. The van der Waals surface area contributed by atoms with E-state index in [2.05, 4.69) is 16.5 Å². The zero-order chi connectivity index (χ0) is 19.0. The molecule has 0 saturated carbocycles. The Kier molecular flexibility index (Phi) is 4.64. The van der Waals surface area contributed by atoms with Gasteiger partial charge in [-0.25, -0.2) is 4.98 Å². The quantitative estimate of drug-likeness (QED) is 0.700. The fourth-order valence-electron chi connectivity index (χ4n) is 3.97. The predicted octanol–water partition coefficient (Wildman–Crippen LogP) is 3.99. The highest BCUT2D eigenvalue weighted by Crippen LogP contribution is 2.32. The number of amides is 1. The normalized spacial score (nSPS) is 15.4. The van der Waals surface area contributed by atoms with Crippen molar-refractivity contribution in [3.05, 3.63) is 47.7 Å². The number of likely N-dealkylation sites (tertiary alicyclic amines) is 1. The van der Waals surface area contributed by atoms with Crippen molar-refractivity contribution in [2.45, 2.75) is 39.2 Å². The van der Waals surface area contributed by atoms with Crippen LogP contribution in [0.3, 0.4) is 0 Å². The van der Waals surface area contributed by atoms with Crippen molar-refractivity contribution in [3.63, 3.8) is 0 Å². The molecule has 1 aromatic carbocycles. The number of hydrogen-bond acceptors (Lipinski definition) is 4. The Morgan fingerprint density at radius 2 is 2.11 bits per heavy atom. The van der Waals surface area contributed by atoms with Crippen molar-refractivity contribution in [3.8, 4) is 5.75 Å². The van der Waals surface area contributed by atoms with Gasteiger partial charge < -0.3 is 18.6 Å². The Hall–Kier alpha value is -2.76. The lowest BCUT2D eigenvalue weighted by molar-refractivity contribution is 0.0679. The monoisotopic (exact) mass is 367 g/mol. The van der Waals surface area contributed by atoms with Crippen LogP contribution in [0, 0.1) is 6.92 Å². The molecule has 3 aromatic rings. The molecule has 0 unspecified atom stereocenters. The summed E-state index contributed by atoms with van der Waals surface area (Å²) in [4.78, 5) is 19.5. The van der Waals surface area contributed by atoms with Crippen LogP contribution in [0.2, 0.25) is 0 Å². The first kappa shape index (κ1) is 17.6. The van der Waals surface area contributed by atoms with Gasteiger partial charge in [0.1, 0.15) is 17.2 Å². The largest absolute Gasteiger partial charge is 0.497 e. The summed E-state index contributed by atoms with van der Waals surface area (Å²) in [5, 5.41) is 0.957. The van der Waals surface area contributed by atoms with Crippen molar-refractivity contribution in [1.82, 2.24) is 14.5 Å². The smallest absolute Gasteiger partial charge is 0.289 e. The molecule has 27 heavy (non-hydrogen) atoms. The van der Waals surface area contributed by atoms with Crippen LogP contribution in [-0.4, -0.2) is 40.6 Å². The van der Waals surface area contributed by atoms with Crippen molar-refractivity contribution in [1.29, 1.82) is 0 Å². The van der Waals surface area contributed by atoms with Crippen LogP contribution in [0.4, 0.5) is 0 Å². The number of piperidine rings is 1. The van der Waals surface area contributed by atoms with Crippen LogP contribution in [0.1, 0.15) is 47.6 Å². The topological polar surface area (TPSA) is 60.5 Å². The molecule has 0 atom stereocenters. The number of carbonyl (C=O) groups excluding carboxylic acids is 1. The fourth-order valence-corrected chi connectivity index (χ4v) is 3.97. The molecule has 1 aliphatic rings. The fraction of sp³-hybridized carbons (Fsp3) is 0.429. The van der Waals surface area contributed by atoms with Gasteiger partial charge in [-0.2, -0.15) is 0 Å². The highest BCUT2D eigenvalue weighted by molar-refractivity contribution is 5.99. The van der Waals surface area contributed by atoms with E-state index in [0.717, 1.165) is 55.0 Å². The van der Waals surface area contributed by atoms with Gasteiger partial charge in [-0.05, 0) is 38.8 Å². The van der Waals surface area contributed by atoms with E-state index in [9.17, 15) is 4.79 Å². The number of fused-ring (bicyclic) bond motifs is 1. The number of aromatic nitrogens is 2. The van der Waals surface area contributed by atoms with E-state index in [4.69, 9.17) is 9.15 Å². The van der Waals surface area contributed by atoms with E-state index in [0.29, 0.717) is 17.3 Å². The summed E-state index contributed by atoms with van der Waals surface area (Å²) in [5.74, 6) is 2.68. The maximum absolute atomic E-state index is 13.0. The Bertz CT molecular complexity index is 964. The lowest BCUT2D eigenvalue weighted by Crippen LogP contribution is -2.38. The van der Waals surface area contributed by atoms with Gasteiger partial charge in [0.25, 0.3) is 5.91 Å². The van der Waals surface area contributed by atoms with E-state index in [-0.39, 0.29) is 5.91 Å². The van der Waals surface area contributed by atoms with Gasteiger partial charge in [0.05, 0.1) is 7.11 Å². The second kappa shape index (κ2) is 7.10. The zero-order valence-electron chi connectivity index (χ0n) is 16.1. The molecule has 0 bridgehead atoms. The Labute approximate surface area is 158 Å². The summed E-state index contributed by atoms with van der Waals surface area (Å²) in [6, 6.07) is 5.66. The molecule has 4 rings (SSSR count). The van der Waals surface area contributed by atoms with E-state index < -0.39 is 0 Å². The average Bonchev–Trinajstić information content (AvgIpc) is 3.31. The summed E-state index contributed by atoms with van der Waals surface area (Å²) >= 11 is 0. The predicted molar refractivity (Wildman–Crippen MR) is 103 cm³/mol. The SMILES string of the molecule is CCn1ccnc1C1CCN(C(=O)c2oc3cc(OC)ccc3c2C)CC1. The molecular formula is C21H25N3O3. The number of carbonyl (C=O) groups is 1. The third-order valence-corrected chi connectivity index (χ3v) is 5.58. The maximum Gasteiger partial charge on any atom is 0.289 e. The second-order valence-electron chi connectivity index (χ2n) is 7.06. The molecule has 2 aromatic heterocycles. The summed E-state index contributed by atoms with van der Waals surface area (Å²) in [6.07, 6.45) is 5.74. The summed E-state index contributed by atoms with van der Waals surface area (Å²) in [6.45, 7) is 6.44. The molecule has 6 heteroatoms. The number of rotatable bonds is 4. The highest BCUT2D eigenvalue weighted by Gasteiger charge is 2.29. The van der Waals surface area contributed by atoms with Gasteiger partial charge in [0.15, 0.2) is 5.76 Å². The Morgan fingerprint density at radius 1 is 1.33 bits per heavy atom. The first-order valence-corrected chi connectivity index (χ1v) is 9.49. The Balaban J connectivity index is 1.51. The molecule has 142 valence electrons. The molecule has 1 saturated heterocycles. The molecule has 0 radical (unpaired) electrons. The van der Waals surface area contributed by atoms with E-state index in [1.165, 1.54) is 0 Å². The maximum atomic E-state index is 13.0. The summed E-state index contributed by atoms with van der Waals surface area (Å²) in [5.41, 5.74) is 1.58. The number of benzene rings is 1. The van der Waals surface area contributed by atoms with Gasteiger partial charge in [-0.15, -0.1) is 0 Å². The van der Waals surface area contributed by atoms with Crippen molar-refractivity contribution >= 4 is 16.9 Å². The summed E-state index contributed by atoms with van der Waals surface area (Å²) < 4.78 is 13.3. The molecule has 0 spiro atoms. The average molecular weight is 367 g/mol. The Morgan fingerprint density at radius 3 is 2.81 bits per heavy atom. The summed E-state index contributed by atoms with van der Waals surface area (Å²) in [7, 11) is 1.62. The highest BCUT2D eigenvalue weighted by atomic mass is 16.5. The number of hydrogen-bond donors (Lipinski definition) is 0. The molecular weight excluding hydrogens is 342 g/mol. The van der Waals surface area contributed by atoms with Crippen molar-refractivity contribution in [2.75, 3.05) is 20.2 Å². The van der Waals surface area contributed by atoms with E-state index in [1.807, 2.05) is 42.4 Å². The molecule has 1 fully saturated rings. The number of furan rings is 1. The van der Waals surface area contributed by atoms with Crippen LogP contribution < -0.4 is 4.74 Å². The molecule has 1 aliphatic heterocycles. The van der Waals surface area contributed by atoms with E-state index >= 15 is 0 Å². The lowest BCUT2D eigenvalue weighted by atomic mass is 9.95. The molecule has 1 amide bonds. The second-order valence-corrected chi connectivity index (χ2v) is 7.06. The van der Waals surface area contributed by atoms with E-state index in [1.54, 1.807) is 7.11 Å². The first-order valence-electron chi connectivity index (χ1n) is 9.49. The molecule has 0 aliphatic carbocycles. The van der Waals surface area contributed by atoms with Gasteiger partial charge in [0.2, 0.25) is 0 Å². The first-order chi connectivity index (χ1) is 13.1. The number of aryl methyl sites for hydroxylation is 2. The van der Waals surface area contributed by atoms with Crippen LogP contribution >= 0.6 is 0 Å². The van der Waals surface area contributed by atoms with Crippen LogP contribution in [0.15, 0.2) is 35.0 Å². The lowest BCUT2D eigenvalue weighted by Gasteiger charge is -2.31.